The normalized spacial score (nSPS) is 29.2. The first-order chi connectivity index (χ1) is 7.84. The van der Waals surface area contributed by atoms with Crippen LogP contribution in [0.1, 0.15) is 52.9 Å². The summed E-state index contributed by atoms with van der Waals surface area (Å²) >= 11 is 0. The van der Waals surface area contributed by atoms with Crippen LogP contribution in [0.4, 0.5) is 0 Å². The minimum atomic E-state index is -2.89. The van der Waals surface area contributed by atoms with Crippen molar-refractivity contribution in [2.24, 2.45) is 5.92 Å². The first-order valence-corrected chi connectivity index (χ1v) is 8.75. The highest BCUT2D eigenvalue weighted by molar-refractivity contribution is 7.91. The molecular formula is C13H27NO2S. The molecule has 0 amide bonds. The molecular weight excluding hydrogens is 234 g/mol. The van der Waals surface area contributed by atoms with Gasteiger partial charge in [-0.05, 0) is 32.1 Å². The Morgan fingerprint density at radius 1 is 1.29 bits per heavy atom. The van der Waals surface area contributed by atoms with Crippen molar-refractivity contribution in [2.45, 2.75) is 70.2 Å². The third kappa shape index (κ3) is 4.59. The summed E-state index contributed by atoms with van der Waals surface area (Å²) in [6, 6.07) is 0.585. The van der Waals surface area contributed by atoms with Gasteiger partial charge in [-0.2, -0.15) is 0 Å². The molecule has 4 heteroatoms. The first kappa shape index (κ1) is 15.0. The molecule has 1 N–H and O–H groups in total. The highest BCUT2D eigenvalue weighted by Gasteiger charge is 2.35. The van der Waals surface area contributed by atoms with Gasteiger partial charge in [-0.25, -0.2) is 8.42 Å². The molecule has 1 saturated carbocycles. The zero-order valence-corrected chi connectivity index (χ0v) is 12.4. The molecule has 102 valence electrons. The highest BCUT2D eigenvalue weighted by Crippen LogP contribution is 2.26. The van der Waals surface area contributed by atoms with E-state index in [1.165, 1.54) is 12.7 Å². The van der Waals surface area contributed by atoms with Gasteiger partial charge in [0.25, 0.3) is 0 Å². The zero-order valence-electron chi connectivity index (χ0n) is 11.6. The van der Waals surface area contributed by atoms with Crippen molar-refractivity contribution in [3.63, 3.8) is 0 Å². The molecule has 1 rings (SSSR count). The topological polar surface area (TPSA) is 46.2 Å². The average Bonchev–Trinajstić information content (AvgIpc) is 2.64. The van der Waals surface area contributed by atoms with Crippen molar-refractivity contribution >= 4 is 9.84 Å². The molecule has 4 atom stereocenters. The number of hydrogen-bond acceptors (Lipinski definition) is 3. The Labute approximate surface area is 106 Å². The lowest BCUT2D eigenvalue weighted by atomic mass is 9.99. The van der Waals surface area contributed by atoms with Gasteiger partial charge < -0.3 is 5.32 Å². The largest absolute Gasteiger partial charge is 0.310 e. The standard InChI is InChI=1S/C13H27NO2S/c1-5-10(2)9-11(3)14-12-7-6-8-13(12)17(4,15)16/h10-14H,5-9H2,1-4H3. The van der Waals surface area contributed by atoms with Gasteiger partial charge in [-0.3, -0.25) is 0 Å². The second-order valence-electron chi connectivity index (χ2n) is 5.72. The molecule has 0 saturated heterocycles. The van der Waals surface area contributed by atoms with Gasteiger partial charge in [0.15, 0.2) is 9.84 Å². The van der Waals surface area contributed by atoms with Crippen molar-refractivity contribution < 1.29 is 8.42 Å². The van der Waals surface area contributed by atoms with Gasteiger partial charge in [-0.15, -0.1) is 0 Å². The van der Waals surface area contributed by atoms with Crippen LogP contribution in [0.2, 0.25) is 0 Å². The summed E-state index contributed by atoms with van der Waals surface area (Å²) in [5, 5.41) is 3.36. The molecule has 0 heterocycles. The predicted octanol–water partition coefficient (Wildman–Crippen LogP) is 2.37. The van der Waals surface area contributed by atoms with Crippen LogP contribution in [-0.4, -0.2) is 32.0 Å². The van der Waals surface area contributed by atoms with Crippen molar-refractivity contribution in [3.05, 3.63) is 0 Å². The summed E-state index contributed by atoms with van der Waals surface area (Å²) in [6.45, 7) is 6.62. The second kappa shape index (κ2) is 6.19. The molecule has 17 heavy (non-hydrogen) atoms. The Balaban J connectivity index is 2.50. The van der Waals surface area contributed by atoms with Gasteiger partial charge in [0, 0.05) is 18.3 Å². The zero-order chi connectivity index (χ0) is 13.1. The van der Waals surface area contributed by atoms with E-state index in [9.17, 15) is 8.42 Å². The smallest absolute Gasteiger partial charge is 0.151 e. The van der Waals surface area contributed by atoms with E-state index in [0.29, 0.717) is 12.0 Å². The fourth-order valence-corrected chi connectivity index (χ4v) is 4.24. The number of rotatable bonds is 6. The molecule has 0 bridgehead atoms. The fraction of sp³-hybridized carbons (Fsp3) is 1.00. The quantitative estimate of drug-likeness (QED) is 0.798. The Morgan fingerprint density at radius 3 is 2.47 bits per heavy atom. The highest BCUT2D eigenvalue weighted by atomic mass is 32.2. The van der Waals surface area contributed by atoms with E-state index < -0.39 is 9.84 Å². The molecule has 0 spiro atoms. The Bertz CT molecular complexity index is 326. The van der Waals surface area contributed by atoms with E-state index in [4.69, 9.17) is 0 Å². The molecule has 1 fully saturated rings. The summed E-state index contributed by atoms with van der Waals surface area (Å²) in [6.07, 6.45) is 6.55. The molecule has 1 aliphatic rings. The molecule has 0 radical (unpaired) electrons. The van der Waals surface area contributed by atoms with E-state index in [-0.39, 0.29) is 11.3 Å². The molecule has 3 nitrogen and oxygen atoms in total. The van der Waals surface area contributed by atoms with E-state index in [2.05, 4.69) is 26.1 Å². The Kier molecular flexibility index (Phi) is 5.45. The van der Waals surface area contributed by atoms with Gasteiger partial charge in [-0.1, -0.05) is 26.7 Å². The lowest BCUT2D eigenvalue weighted by Gasteiger charge is -2.25. The van der Waals surface area contributed by atoms with Gasteiger partial charge in [0.2, 0.25) is 0 Å². The molecule has 0 aromatic carbocycles. The monoisotopic (exact) mass is 261 g/mol. The van der Waals surface area contributed by atoms with Gasteiger partial charge in [0.1, 0.15) is 0 Å². The van der Waals surface area contributed by atoms with E-state index in [1.54, 1.807) is 0 Å². The maximum absolute atomic E-state index is 11.7. The number of sulfone groups is 1. The molecule has 0 aliphatic heterocycles. The molecule has 4 unspecified atom stereocenters. The minimum absolute atomic E-state index is 0.165. The summed E-state index contributed by atoms with van der Waals surface area (Å²) in [4.78, 5) is 0. The Hall–Kier alpha value is -0.0900. The van der Waals surface area contributed by atoms with E-state index in [1.807, 2.05) is 0 Å². The SMILES string of the molecule is CCC(C)CC(C)NC1CCCC1S(C)(=O)=O. The lowest BCUT2D eigenvalue weighted by molar-refractivity contribution is 0.373. The van der Waals surface area contributed by atoms with Crippen LogP contribution >= 0.6 is 0 Å². The molecule has 0 aromatic heterocycles. The minimum Gasteiger partial charge on any atom is -0.310 e. The van der Waals surface area contributed by atoms with Crippen LogP contribution in [-0.2, 0) is 9.84 Å². The van der Waals surface area contributed by atoms with Crippen molar-refractivity contribution in [3.8, 4) is 0 Å². The maximum atomic E-state index is 11.7. The van der Waals surface area contributed by atoms with Crippen LogP contribution in [0.3, 0.4) is 0 Å². The van der Waals surface area contributed by atoms with E-state index in [0.717, 1.165) is 25.7 Å². The first-order valence-electron chi connectivity index (χ1n) is 6.79. The number of hydrogen-bond donors (Lipinski definition) is 1. The summed E-state index contributed by atoms with van der Waals surface area (Å²) in [7, 11) is -2.89. The van der Waals surface area contributed by atoms with Crippen LogP contribution in [0.15, 0.2) is 0 Å². The molecule has 1 aliphatic carbocycles. The lowest BCUT2D eigenvalue weighted by Crippen LogP contribution is -2.44. The van der Waals surface area contributed by atoms with E-state index >= 15 is 0 Å². The third-order valence-corrected chi connectivity index (χ3v) is 5.62. The van der Waals surface area contributed by atoms with Crippen molar-refractivity contribution in [1.29, 1.82) is 0 Å². The maximum Gasteiger partial charge on any atom is 0.151 e. The van der Waals surface area contributed by atoms with Crippen LogP contribution in [0.5, 0.6) is 0 Å². The molecule has 0 aromatic rings. The fourth-order valence-electron chi connectivity index (χ4n) is 2.83. The summed E-state index contributed by atoms with van der Waals surface area (Å²) in [5.74, 6) is 0.704. The Morgan fingerprint density at radius 2 is 1.94 bits per heavy atom. The van der Waals surface area contributed by atoms with Gasteiger partial charge >= 0.3 is 0 Å². The van der Waals surface area contributed by atoms with Gasteiger partial charge in [0.05, 0.1) is 5.25 Å². The van der Waals surface area contributed by atoms with Crippen molar-refractivity contribution in [1.82, 2.24) is 5.32 Å². The van der Waals surface area contributed by atoms with Crippen LogP contribution < -0.4 is 5.32 Å². The van der Waals surface area contributed by atoms with Crippen LogP contribution in [0.25, 0.3) is 0 Å². The predicted molar refractivity (Wildman–Crippen MR) is 72.9 cm³/mol. The third-order valence-electron chi connectivity index (χ3n) is 3.95. The van der Waals surface area contributed by atoms with Crippen LogP contribution in [0, 0.1) is 5.92 Å². The number of nitrogens with one attached hydrogen (secondary N) is 1. The average molecular weight is 261 g/mol. The van der Waals surface area contributed by atoms with Crippen molar-refractivity contribution in [2.75, 3.05) is 6.26 Å². The second-order valence-corrected chi connectivity index (χ2v) is 7.99. The summed E-state index contributed by atoms with van der Waals surface area (Å²) in [5.41, 5.74) is 0. The summed E-state index contributed by atoms with van der Waals surface area (Å²) < 4.78 is 23.3.